The zero-order chi connectivity index (χ0) is 17.5. The Hall–Kier alpha value is -3.15. The van der Waals surface area contributed by atoms with E-state index in [4.69, 9.17) is 0 Å². The predicted octanol–water partition coefficient (Wildman–Crippen LogP) is 1.96. The van der Waals surface area contributed by atoms with Gasteiger partial charge in [-0.2, -0.15) is 0 Å². The summed E-state index contributed by atoms with van der Waals surface area (Å²) in [6.07, 6.45) is 0.189. The van der Waals surface area contributed by atoms with Crippen molar-refractivity contribution in [3.05, 3.63) is 65.2 Å². The molecule has 0 fully saturated rings. The second kappa shape index (κ2) is 7.92. The van der Waals surface area contributed by atoms with Gasteiger partial charge in [0.15, 0.2) is 0 Å². The van der Waals surface area contributed by atoms with Crippen LogP contribution in [0.1, 0.15) is 28.4 Å². The Morgan fingerprint density at radius 3 is 2.21 bits per heavy atom. The summed E-state index contributed by atoms with van der Waals surface area (Å²) in [6.45, 7) is 3.34. The number of carbonyl (C=O) groups excluding carboxylic acids is 3. The van der Waals surface area contributed by atoms with Crippen molar-refractivity contribution in [1.29, 1.82) is 0 Å². The molecule has 0 spiro atoms. The molecule has 0 aliphatic rings. The van der Waals surface area contributed by atoms with Gasteiger partial charge in [0.25, 0.3) is 5.91 Å². The summed E-state index contributed by atoms with van der Waals surface area (Å²) in [4.78, 5) is 34.8. The van der Waals surface area contributed by atoms with E-state index in [0.29, 0.717) is 11.3 Å². The Kier molecular flexibility index (Phi) is 5.68. The van der Waals surface area contributed by atoms with E-state index in [1.54, 1.807) is 24.3 Å². The Balaban J connectivity index is 1.87. The summed E-state index contributed by atoms with van der Waals surface area (Å²) in [5.41, 5.74) is 7.67. The first-order valence-electron chi connectivity index (χ1n) is 7.47. The first kappa shape index (κ1) is 17.2. The van der Waals surface area contributed by atoms with Crippen molar-refractivity contribution in [2.45, 2.75) is 20.3 Å². The molecular formula is C18H19N3O3. The molecule has 0 aromatic heterocycles. The van der Waals surface area contributed by atoms with Crippen molar-refractivity contribution < 1.29 is 14.4 Å². The molecule has 0 bridgehead atoms. The third-order valence-corrected chi connectivity index (χ3v) is 3.40. The van der Waals surface area contributed by atoms with Crippen LogP contribution in [0, 0.1) is 6.92 Å². The number of benzene rings is 2. The first-order valence-corrected chi connectivity index (χ1v) is 7.47. The molecule has 0 atom stereocenters. The first-order chi connectivity index (χ1) is 11.5. The van der Waals surface area contributed by atoms with Crippen molar-refractivity contribution in [1.82, 2.24) is 10.9 Å². The van der Waals surface area contributed by atoms with E-state index < -0.39 is 5.91 Å². The van der Waals surface area contributed by atoms with Crippen LogP contribution in [0.3, 0.4) is 0 Å². The van der Waals surface area contributed by atoms with Crippen LogP contribution in [0.5, 0.6) is 0 Å². The van der Waals surface area contributed by atoms with Gasteiger partial charge < -0.3 is 5.32 Å². The topological polar surface area (TPSA) is 87.3 Å². The summed E-state index contributed by atoms with van der Waals surface area (Å²) in [5.74, 6) is -0.911. The molecule has 3 N–H and O–H groups in total. The molecule has 0 saturated heterocycles. The van der Waals surface area contributed by atoms with E-state index in [9.17, 15) is 14.4 Å². The fraction of sp³-hybridized carbons (Fsp3) is 0.167. The molecule has 0 saturated carbocycles. The third-order valence-electron chi connectivity index (χ3n) is 3.40. The monoisotopic (exact) mass is 325 g/mol. The van der Waals surface area contributed by atoms with Gasteiger partial charge >= 0.3 is 0 Å². The van der Waals surface area contributed by atoms with Gasteiger partial charge in [0.2, 0.25) is 11.8 Å². The standard InChI is InChI=1S/C18H19N3O3/c1-12-5-3-4-6-15(12)11-17(23)20-21-18(24)14-7-9-16(10-8-14)19-13(2)22/h3-10H,11H2,1-2H3,(H,19,22)(H,20,23)(H,21,24). The van der Waals surface area contributed by atoms with Gasteiger partial charge in [0.1, 0.15) is 0 Å². The number of aryl methyl sites for hydroxylation is 1. The molecule has 3 amide bonds. The molecule has 0 radical (unpaired) electrons. The van der Waals surface area contributed by atoms with Crippen molar-refractivity contribution in [2.75, 3.05) is 5.32 Å². The van der Waals surface area contributed by atoms with E-state index in [-0.39, 0.29) is 18.2 Å². The minimum Gasteiger partial charge on any atom is -0.326 e. The summed E-state index contributed by atoms with van der Waals surface area (Å²) >= 11 is 0. The highest BCUT2D eigenvalue weighted by Gasteiger charge is 2.09. The molecular weight excluding hydrogens is 306 g/mol. The lowest BCUT2D eigenvalue weighted by Gasteiger charge is -2.09. The Morgan fingerprint density at radius 2 is 1.58 bits per heavy atom. The number of hydrazine groups is 1. The van der Waals surface area contributed by atoms with E-state index >= 15 is 0 Å². The van der Waals surface area contributed by atoms with E-state index in [2.05, 4.69) is 16.2 Å². The molecule has 0 heterocycles. The molecule has 6 nitrogen and oxygen atoms in total. The number of amides is 3. The molecule has 124 valence electrons. The fourth-order valence-corrected chi connectivity index (χ4v) is 2.13. The van der Waals surface area contributed by atoms with Crippen LogP contribution >= 0.6 is 0 Å². The molecule has 24 heavy (non-hydrogen) atoms. The lowest BCUT2D eigenvalue weighted by atomic mass is 10.1. The predicted molar refractivity (Wildman–Crippen MR) is 91.2 cm³/mol. The quantitative estimate of drug-likeness (QED) is 0.751. The van der Waals surface area contributed by atoms with Gasteiger partial charge in [-0.15, -0.1) is 0 Å². The molecule has 6 heteroatoms. The van der Waals surface area contributed by atoms with Gasteiger partial charge in [0, 0.05) is 18.2 Å². The van der Waals surface area contributed by atoms with Crippen LogP contribution in [-0.4, -0.2) is 17.7 Å². The van der Waals surface area contributed by atoms with Gasteiger partial charge in [0.05, 0.1) is 6.42 Å². The van der Waals surface area contributed by atoms with Crippen LogP contribution in [0.15, 0.2) is 48.5 Å². The Labute approximate surface area is 140 Å². The number of hydrogen-bond acceptors (Lipinski definition) is 3. The molecule has 0 unspecified atom stereocenters. The van der Waals surface area contributed by atoms with Gasteiger partial charge in [-0.05, 0) is 42.3 Å². The van der Waals surface area contributed by atoms with Gasteiger partial charge in [-0.1, -0.05) is 24.3 Å². The molecule has 0 aliphatic heterocycles. The van der Waals surface area contributed by atoms with E-state index in [1.165, 1.54) is 6.92 Å². The minimum absolute atomic E-state index is 0.185. The molecule has 2 rings (SSSR count). The normalized spacial score (nSPS) is 9.92. The van der Waals surface area contributed by atoms with Gasteiger partial charge in [-0.3, -0.25) is 25.2 Å². The lowest BCUT2D eigenvalue weighted by molar-refractivity contribution is -0.121. The van der Waals surface area contributed by atoms with Crippen molar-refractivity contribution in [3.8, 4) is 0 Å². The summed E-state index contributed by atoms with van der Waals surface area (Å²) < 4.78 is 0. The Morgan fingerprint density at radius 1 is 0.917 bits per heavy atom. The number of anilines is 1. The number of carbonyl (C=O) groups is 3. The molecule has 2 aromatic rings. The second-order valence-corrected chi connectivity index (χ2v) is 5.36. The highest BCUT2D eigenvalue weighted by atomic mass is 16.2. The maximum absolute atomic E-state index is 12.0. The largest absolute Gasteiger partial charge is 0.326 e. The smallest absolute Gasteiger partial charge is 0.269 e. The molecule has 0 aliphatic carbocycles. The van der Waals surface area contributed by atoms with Crippen molar-refractivity contribution in [2.24, 2.45) is 0 Å². The Bertz CT molecular complexity index is 754. The van der Waals surface area contributed by atoms with Crippen LogP contribution in [-0.2, 0) is 16.0 Å². The summed E-state index contributed by atoms with van der Waals surface area (Å²) in [5, 5.41) is 2.61. The maximum atomic E-state index is 12.0. The fourth-order valence-electron chi connectivity index (χ4n) is 2.13. The second-order valence-electron chi connectivity index (χ2n) is 5.36. The van der Waals surface area contributed by atoms with Crippen LogP contribution in [0.25, 0.3) is 0 Å². The highest BCUT2D eigenvalue weighted by molar-refractivity contribution is 5.96. The maximum Gasteiger partial charge on any atom is 0.269 e. The summed E-state index contributed by atoms with van der Waals surface area (Å²) in [6, 6.07) is 13.9. The van der Waals surface area contributed by atoms with Crippen LogP contribution in [0.2, 0.25) is 0 Å². The minimum atomic E-state index is -0.428. The number of nitrogens with one attached hydrogen (secondary N) is 3. The van der Waals surface area contributed by atoms with E-state index in [0.717, 1.165) is 11.1 Å². The summed E-state index contributed by atoms with van der Waals surface area (Å²) in [7, 11) is 0. The number of hydrogen-bond donors (Lipinski definition) is 3. The van der Waals surface area contributed by atoms with Gasteiger partial charge in [-0.25, -0.2) is 0 Å². The van der Waals surface area contributed by atoms with Crippen LogP contribution in [0.4, 0.5) is 5.69 Å². The zero-order valence-corrected chi connectivity index (χ0v) is 13.6. The van der Waals surface area contributed by atoms with Crippen molar-refractivity contribution in [3.63, 3.8) is 0 Å². The van der Waals surface area contributed by atoms with Crippen LogP contribution < -0.4 is 16.2 Å². The third kappa shape index (κ3) is 4.95. The lowest BCUT2D eigenvalue weighted by Crippen LogP contribution is -2.42. The number of rotatable bonds is 4. The average Bonchev–Trinajstić information content (AvgIpc) is 2.55. The zero-order valence-electron chi connectivity index (χ0n) is 13.6. The molecule has 2 aromatic carbocycles. The highest BCUT2D eigenvalue weighted by Crippen LogP contribution is 2.09. The SMILES string of the molecule is CC(=O)Nc1ccc(C(=O)NNC(=O)Cc2ccccc2C)cc1. The average molecular weight is 325 g/mol. The van der Waals surface area contributed by atoms with Crippen molar-refractivity contribution >= 4 is 23.4 Å². The van der Waals surface area contributed by atoms with E-state index in [1.807, 2.05) is 31.2 Å².